The molecular weight excluding hydrogens is 400 g/mol. The molecule has 4 rings (SSSR count). The average Bonchev–Trinajstić information content (AvgIpc) is 3.16. The SMILES string of the molecule is O=C(O)Nc1nc2ccc(C3CCC(=O)N3c3cccc(Br)c3)cc2[nH]1. The molecule has 1 aliphatic rings. The van der Waals surface area contributed by atoms with Crippen molar-refractivity contribution in [2.75, 3.05) is 10.2 Å². The Labute approximate surface area is 157 Å². The minimum absolute atomic E-state index is 0.0691. The standard InChI is InChI=1S/C18H15BrN4O3/c19-11-2-1-3-12(9-11)23-15(6-7-16(23)24)10-4-5-13-14(8-10)21-17(20-13)22-18(25)26/h1-5,8-9,15H,6-7H2,(H,25,26)(H2,20,21,22). The summed E-state index contributed by atoms with van der Waals surface area (Å²) in [6, 6.07) is 13.3. The number of halogens is 1. The van der Waals surface area contributed by atoms with Gasteiger partial charge < -0.3 is 15.0 Å². The monoisotopic (exact) mass is 414 g/mol. The number of rotatable bonds is 3. The Kier molecular flexibility index (Phi) is 4.12. The van der Waals surface area contributed by atoms with Gasteiger partial charge in [-0.15, -0.1) is 0 Å². The number of imidazole rings is 1. The molecule has 1 atom stereocenters. The molecule has 1 fully saturated rings. The van der Waals surface area contributed by atoms with Crippen molar-refractivity contribution < 1.29 is 14.7 Å². The van der Waals surface area contributed by atoms with E-state index in [0.29, 0.717) is 11.9 Å². The van der Waals surface area contributed by atoms with Crippen molar-refractivity contribution >= 4 is 50.6 Å². The molecular formula is C18H15BrN4O3. The third-order valence-electron chi connectivity index (χ3n) is 4.41. The predicted molar refractivity (Wildman–Crippen MR) is 101 cm³/mol. The number of fused-ring (bicyclic) bond motifs is 1. The van der Waals surface area contributed by atoms with Crippen LogP contribution in [0, 0.1) is 0 Å². The van der Waals surface area contributed by atoms with Crippen molar-refractivity contribution in [2.45, 2.75) is 18.9 Å². The number of aromatic amines is 1. The number of carboxylic acid groups (broad SMARTS) is 1. The summed E-state index contributed by atoms with van der Waals surface area (Å²) >= 11 is 3.45. The van der Waals surface area contributed by atoms with Gasteiger partial charge in [-0.25, -0.2) is 9.78 Å². The Morgan fingerprint density at radius 3 is 2.92 bits per heavy atom. The van der Waals surface area contributed by atoms with E-state index >= 15 is 0 Å². The summed E-state index contributed by atoms with van der Waals surface area (Å²) in [7, 11) is 0. The highest BCUT2D eigenvalue weighted by molar-refractivity contribution is 9.10. The normalized spacial score (nSPS) is 17.0. The lowest BCUT2D eigenvalue weighted by Gasteiger charge is -2.25. The van der Waals surface area contributed by atoms with Gasteiger partial charge in [0.2, 0.25) is 11.9 Å². The lowest BCUT2D eigenvalue weighted by Crippen LogP contribution is -2.27. The number of benzene rings is 2. The van der Waals surface area contributed by atoms with E-state index in [1.165, 1.54) is 0 Å². The third-order valence-corrected chi connectivity index (χ3v) is 4.91. The fraction of sp³-hybridized carbons (Fsp3) is 0.167. The number of anilines is 2. The summed E-state index contributed by atoms with van der Waals surface area (Å²) in [4.78, 5) is 32.2. The second-order valence-corrected chi connectivity index (χ2v) is 7.01. The quantitative estimate of drug-likeness (QED) is 0.595. The number of carbonyl (C=O) groups is 2. The van der Waals surface area contributed by atoms with E-state index in [0.717, 1.165) is 27.7 Å². The molecule has 1 unspecified atom stereocenters. The molecule has 1 aromatic heterocycles. The molecule has 7 nitrogen and oxygen atoms in total. The predicted octanol–water partition coefficient (Wildman–Crippen LogP) is 4.28. The molecule has 2 heterocycles. The van der Waals surface area contributed by atoms with E-state index in [1.807, 2.05) is 47.4 Å². The zero-order valence-electron chi connectivity index (χ0n) is 13.6. The summed E-state index contributed by atoms with van der Waals surface area (Å²) in [5.41, 5.74) is 3.22. The van der Waals surface area contributed by atoms with Crippen LogP contribution in [-0.4, -0.2) is 27.1 Å². The van der Waals surface area contributed by atoms with Crippen LogP contribution in [0.2, 0.25) is 0 Å². The Balaban J connectivity index is 1.71. The van der Waals surface area contributed by atoms with Crippen LogP contribution in [0.1, 0.15) is 24.4 Å². The second-order valence-electron chi connectivity index (χ2n) is 6.09. The number of hydrogen-bond acceptors (Lipinski definition) is 3. The van der Waals surface area contributed by atoms with Gasteiger partial charge >= 0.3 is 6.09 Å². The summed E-state index contributed by atoms with van der Waals surface area (Å²) in [5, 5.41) is 11.0. The molecule has 3 aromatic rings. The number of carbonyl (C=O) groups excluding carboxylic acids is 1. The number of nitrogens with one attached hydrogen (secondary N) is 2. The number of hydrogen-bond donors (Lipinski definition) is 3. The summed E-state index contributed by atoms with van der Waals surface area (Å²) in [5.74, 6) is 0.266. The molecule has 132 valence electrons. The van der Waals surface area contributed by atoms with Crippen LogP contribution in [-0.2, 0) is 4.79 Å². The molecule has 26 heavy (non-hydrogen) atoms. The fourth-order valence-electron chi connectivity index (χ4n) is 3.34. The van der Waals surface area contributed by atoms with E-state index in [4.69, 9.17) is 5.11 Å². The smallest absolute Gasteiger partial charge is 0.411 e. The number of H-pyrrole nitrogens is 1. The highest BCUT2D eigenvalue weighted by Crippen LogP contribution is 2.38. The van der Waals surface area contributed by atoms with Crippen LogP contribution in [0.4, 0.5) is 16.4 Å². The first-order valence-corrected chi connectivity index (χ1v) is 8.88. The van der Waals surface area contributed by atoms with Crippen molar-refractivity contribution in [3.63, 3.8) is 0 Å². The van der Waals surface area contributed by atoms with Gasteiger partial charge in [-0.1, -0.05) is 28.1 Å². The van der Waals surface area contributed by atoms with Crippen LogP contribution in [0.5, 0.6) is 0 Å². The number of amides is 2. The molecule has 0 aliphatic carbocycles. The van der Waals surface area contributed by atoms with Crippen LogP contribution < -0.4 is 10.2 Å². The molecule has 3 N–H and O–H groups in total. The molecule has 0 saturated carbocycles. The molecule has 2 amide bonds. The Morgan fingerprint density at radius 1 is 1.31 bits per heavy atom. The molecule has 8 heteroatoms. The lowest BCUT2D eigenvalue weighted by molar-refractivity contribution is -0.117. The molecule has 2 aromatic carbocycles. The van der Waals surface area contributed by atoms with Crippen molar-refractivity contribution in [1.29, 1.82) is 0 Å². The van der Waals surface area contributed by atoms with E-state index in [9.17, 15) is 9.59 Å². The summed E-state index contributed by atoms with van der Waals surface area (Å²) < 4.78 is 0.918. The van der Waals surface area contributed by atoms with E-state index < -0.39 is 6.09 Å². The molecule has 1 aliphatic heterocycles. The van der Waals surface area contributed by atoms with Crippen molar-refractivity contribution in [2.24, 2.45) is 0 Å². The Bertz CT molecular complexity index is 1020. The van der Waals surface area contributed by atoms with E-state index in [-0.39, 0.29) is 17.9 Å². The molecule has 0 radical (unpaired) electrons. The third kappa shape index (κ3) is 3.03. The van der Waals surface area contributed by atoms with Crippen molar-refractivity contribution in [1.82, 2.24) is 9.97 Å². The van der Waals surface area contributed by atoms with Crippen molar-refractivity contribution in [3.8, 4) is 0 Å². The second kappa shape index (κ2) is 6.45. The zero-order valence-corrected chi connectivity index (χ0v) is 15.2. The number of nitrogens with zero attached hydrogens (tertiary/aromatic N) is 2. The van der Waals surface area contributed by atoms with Gasteiger partial charge in [0.1, 0.15) is 0 Å². The minimum Gasteiger partial charge on any atom is -0.465 e. The van der Waals surface area contributed by atoms with Gasteiger partial charge in [0.25, 0.3) is 0 Å². The first kappa shape index (κ1) is 16.6. The summed E-state index contributed by atoms with van der Waals surface area (Å²) in [6.45, 7) is 0. The van der Waals surface area contributed by atoms with Gasteiger partial charge in [0.15, 0.2) is 0 Å². The Morgan fingerprint density at radius 2 is 2.15 bits per heavy atom. The van der Waals surface area contributed by atoms with Crippen LogP contribution in [0.25, 0.3) is 11.0 Å². The lowest BCUT2D eigenvalue weighted by atomic mass is 10.0. The zero-order chi connectivity index (χ0) is 18.3. The first-order valence-electron chi connectivity index (χ1n) is 8.08. The van der Waals surface area contributed by atoms with Gasteiger partial charge in [-0.05, 0) is 42.3 Å². The van der Waals surface area contributed by atoms with E-state index in [2.05, 4.69) is 31.2 Å². The number of aromatic nitrogens is 2. The minimum atomic E-state index is -1.17. The van der Waals surface area contributed by atoms with Crippen LogP contribution in [0.3, 0.4) is 0 Å². The maximum atomic E-state index is 12.5. The maximum absolute atomic E-state index is 12.5. The van der Waals surface area contributed by atoms with Gasteiger partial charge in [-0.2, -0.15) is 0 Å². The highest BCUT2D eigenvalue weighted by atomic mass is 79.9. The Hall–Kier alpha value is -2.87. The van der Waals surface area contributed by atoms with Gasteiger partial charge in [0, 0.05) is 16.6 Å². The maximum Gasteiger partial charge on any atom is 0.411 e. The highest BCUT2D eigenvalue weighted by Gasteiger charge is 2.33. The molecule has 0 spiro atoms. The van der Waals surface area contributed by atoms with E-state index in [1.54, 1.807) is 0 Å². The molecule has 0 bridgehead atoms. The topological polar surface area (TPSA) is 98.3 Å². The van der Waals surface area contributed by atoms with Gasteiger partial charge in [-0.3, -0.25) is 10.1 Å². The first-order chi connectivity index (χ1) is 12.5. The van der Waals surface area contributed by atoms with Crippen LogP contribution in [0.15, 0.2) is 46.9 Å². The fourth-order valence-corrected chi connectivity index (χ4v) is 3.73. The average molecular weight is 415 g/mol. The summed E-state index contributed by atoms with van der Waals surface area (Å²) in [6.07, 6.45) is 0.0430. The van der Waals surface area contributed by atoms with Crippen molar-refractivity contribution in [3.05, 3.63) is 52.5 Å². The van der Waals surface area contributed by atoms with Crippen LogP contribution >= 0.6 is 15.9 Å². The molecule has 1 saturated heterocycles. The van der Waals surface area contributed by atoms with Gasteiger partial charge in [0.05, 0.1) is 17.1 Å². The largest absolute Gasteiger partial charge is 0.465 e.